The van der Waals surface area contributed by atoms with Crippen LogP contribution >= 0.6 is 0 Å². The summed E-state index contributed by atoms with van der Waals surface area (Å²) in [5.74, 6) is -0.209. The molecule has 0 bridgehead atoms. The van der Waals surface area contributed by atoms with Crippen LogP contribution in [-0.2, 0) is 6.42 Å². The molecule has 0 atom stereocenters. The van der Waals surface area contributed by atoms with Gasteiger partial charge in [-0.15, -0.1) is 0 Å². The summed E-state index contributed by atoms with van der Waals surface area (Å²) in [5, 5.41) is 15.8. The second-order valence-corrected chi connectivity index (χ2v) is 6.33. The molecule has 5 aromatic rings. The van der Waals surface area contributed by atoms with Gasteiger partial charge in [-0.2, -0.15) is 0 Å². The zero-order valence-electron chi connectivity index (χ0n) is 14.4. The Labute approximate surface area is 172 Å². The standard InChI is InChI=1S/C22H15NO2.Na/c24-21-17-11-6-10-16-15-9-4-5-12-19(15)23(20(16)17)22(25)18(21)13-14-7-2-1-3-8-14;/h1-12,25H,13H2;/q;+1/p-1. The molecule has 2 aromatic heterocycles. The monoisotopic (exact) mass is 347 g/mol. The molecule has 0 spiro atoms. The number of rotatable bonds is 2. The van der Waals surface area contributed by atoms with Crippen molar-refractivity contribution in [2.45, 2.75) is 6.42 Å². The van der Waals surface area contributed by atoms with Gasteiger partial charge < -0.3 is 9.51 Å². The first kappa shape index (κ1) is 17.1. The first-order valence-electron chi connectivity index (χ1n) is 8.27. The summed E-state index contributed by atoms with van der Waals surface area (Å²) < 4.78 is 1.71. The molecule has 3 nitrogen and oxygen atoms in total. The van der Waals surface area contributed by atoms with E-state index in [9.17, 15) is 9.90 Å². The molecule has 0 fully saturated rings. The van der Waals surface area contributed by atoms with Crippen LogP contribution in [0.3, 0.4) is 0 Å². The third kappa shape index (κ3) is 2.36. The van der Waals surface area contributed by atoms with E-state index in [0.717, 1.165) is 27.4 Å². The van der Waals surface area contributed by atoms with E-state index in [0.29, 0.717) is 17.4 Å². The predicted octanol–water partition coefficient (Wildman–Crippen LogP) is 0.712. The maximum Gasteiger partial charge on any atom is 1.00 e. The van der Waals surface area contributed by atoms with Gasteiger partial charge in [0.1, 0.15) is 0 Å². The van der Waals surface area contributed by atoms with Crippen LogP contribution in [0.2, 0.25) is 0 Å². The fourth-order valence-electron chi connectivity index (χ4n) is 3.76. The summed E-state index contributed by atoms with van der Waals surface area (Å²) in [5.41, 5.74) is 2.72. The van der Waals surface area contributed by atoms with Gasteiger partial charge in [-0.3, -0.25) is 4.79 Å². The maximum absolute atomic E-state index is 13.2. The number of hydrogen-bond donors (Lipinski definition) is 0. The van der Waals surface area contributed by atoms with Gasteiger partial charge in [-0.25, -0.2) is 0 Å². The Morgan fingerprint density at radius 1 is 0.769 bits per heavy atom. The summed E-state index contributed by atoms with van der Waals surface area (Å²) in [6, 6.07) is 23.1. The first-order valence-corrected chi connectivity index (χ1v) is 8.27. The van der Waals surface area contributed by atoms with Crippen LogP contribution in [0.25, 0.3) is 27.2 Å². The van der Waals surface area contributed by atoms with Crippen LogP contribution in [0.4, 0.5) is 0 Å². The van der Waals surface area contributed by atoms with E-state index in [-0.39, 0.29) is 40.9 Å². The number of para-hydroxylation sites is 2. The van der Waals surface area contributed by atoms with Crippen molar-refractivity contribution in [3.63, 3.8) is 0 Å². The fraction of sp³-hybridized carbons (Fsp3) is 0.0455. The molecule has 0 saturated heterocycles. The molecule has 0 aliphatic rings. The molecule has 5 rings (SSSR count). The van der Waals surface area contributed by atoms with Crippen molar-refractivity contribution in [1.29, 1.82) is 0 Å². The summed E-state index contributed by atoms with van der Waals surface area (Å²) in [6.45, 7) is 0. The first-order chi connectivity index (χ1) is 12.3. The number of benzene rings is 3. The SMILES string of the molecule is O=c1c(Cc2ccccc2)c([O-])n2c3ccccc3c3cccc1c32.[Na+]. The van der Waals surface area contributed by atoms with Crippen LogP contribution in [0, 0.1) is 0 Å². The van der Waals surface area contributed by atoms with E-state index in [2.05, 4.69) is 0 Å². The van der Waals surface area contributed by atoms with Crippen LogP contribution in [0.15, 0.2) is 77.6 Å². The fourth-order valence-corrected chi connectivity index (χ4v) is 3.76. The number of fused-ring (bicyclic) bond motifs is 3. The van der Waals surface area contributed by atoms with Gasteiger partial charge >= 0.3 is 29.6 Å². The number of pyridine rings is 1. The molecule has 120 valence electrons. The second-order valence-electron chi connectivity index (χ2n) is 6.33. The van der Waals surface area contributed by atoms with Gasteiger partial charge in [0.05, 0.1) is 11.0 Å². The second kappa shape index (κ2) is 6.44. The minimum absolute atomic E-state index is 0. The van der Waals surface area contributed by atoms with Gasteiger partial charge in [0, 0.05) is 28.1 Å². The number of aromatic nitrogens is 1. The van der Waals surface area contributed by atoms with Crippen molar-refractivity contribution < 1.29 is 34.7 Å². The average Bonchev–Trinajstić information content (AvgIpc) is 3.00. The van der Waals surface area contributed by atoms with Crippen molar-refractivity contribution in [2.24, 2.45) is 0 Å². The summed E-state index contributed by atoms with van der Waals surface area (Å²) in [6.07, 6.45) is 0.348. The third-order valence-corrected chi connectivity index (χ3v) is 4.90. The molecule has 2 heterocycles. The van der Waals surface area contributed by atoms with E-state index >= 15 is 0 Å². The Hall–Kier alpha value is -2.33. The van der Waals surface area contributed by atoms with Crippen LogP contribution in [-0.4, -0.2) is 4.40 Å². The Bertz CT molecular complexity index is 1290. The maximum atomic E-state index is 13.2. The van der Waals surface area contributed by atoms with Gasteiger partial charge in [-0.1, -0.05) is 60.7 Å². The molecule has 0 aliphatic heterocycles. The zero-order chi connectivity index (χ0) is 17.0. The van der Waals surface area contributed by atoms with E-state index in [4.69, 9.17) is 0 Å². The zero-order valence-corrected chi connectivity index (χ0v) is 16.4. The van der Waals surface area contributed by atoms with E-state index in [1.165, 1.54) is 0 Å². The average molecular weight is 347 g/mol. The molecule has 4 heteroatoms. The van der Waals surface area contributed by atoms with Gasteiger partial charge in [0.25, 0.3) is 0 Å². The van der Waals surface area contributed by atoms with Crippen molar-refractivity contribution in [3.05, 3.63) is 94.1 Å². The molecule has 3 aromatic carbocycles. The van der Waals surface area contributed by atoms with Gasteiger partial charge in [0.2, 0.25) is 0 Å². The molecule has 0 radical (unpaired) electrons. The topological polar surface area (TPSA) is 44.5 Å². The molecule has 0 amide bonds. The normalized spacial score (nSPS) is 11.2. The number of nitrogens with zero attached hydrogens (tertiary/aromatic N) is 1. The quantitative estimate of drug-likeness (QED) is 0.442. The molecular formula is C22H14NNaO2. The van der Waals surface area contributed by atoms with Crippen molar-refractivity contribution in [2.75, 3.05) is 0 Å². The van der Waals surface area contributed by atoms with Crippen LogP contribution in [0.1, 0.15) is 11.1 Å². The van der Waals surface area contributed by atoms with E-state index in [1.54, 1.807) is 4.40 Å². The summed E-state index contributed by atoms with van der Waals surface area (Å²) in [4.78, 5) is 13.0. The van der Waals surface area contributed by atoms with E-state index in [1.807, 2.05) is 72.8 Å². The predicted molar refractivity (Wildman–Crippen MR) is 98.6 cm³/mol. The smallest absolute Gasteiger partial charge is 0.859 e. The molecule has 0 N–H and O–H groups in total. The van der Waals surface area contributed by atoms with Crippen molar-refractivity contribution in [1.82, 2.24) is 4.40 Å². The van der Waals surface area contributed by atoms with Crippen LogP contribution < -0.4 is 40.1 Å². The summed E-state index contributed by atoms with van der Waals surface area (Å²) >= 11 is 0. The van der Waals surface area contributed by atoms with Crippen molar-refractivity contribution >= 4 is 27.2 Å². The Morgan fingerprint density at radius 3 is 2.23 bits per heavy atom. The largest absolute Gasteiger partial charge is 1.00 e. The van der Waals surface area contributed by atoms with Crippen LogP contribution in [0.5, 0.6) is 5.88 Å². The third-order valence-electron chi connectivity index (χ3n) is 4.90. The molecule has 0 saturated carbocycles. The molecule has 26 heavy (non-hydrogen) atoms. The van der Waals surface area contributed by atoms with Crippen molar-refractivity contribution in [3.8, 4) is 5.88 Å². The Morgan fingerprint density at radius 2 is 1.42 bits per heavy atom. The van der Waals surface area contributed by atoms with E-state index < -0.39 is 0 Å². The number of hydrogen-bond acceptors (Lipinski definition) is 2. The Kier molecular flexibility index (Phi) is 4.23. The van der Waals surface area contributed by atoms with Gasteiger partial charge in [-0.05, 0) is 23.6 Å². The molecule has 0 unspecified atom stereocenters. The van der Waals surface area contributed by atoms with Gasteiger partial charge in [0.15, 0.2) is 5.43 Å². The summed E-state index contributed by atoms with van der Waals surface area (Å²) in [7, 11) is 0. The molecular weight excluding hydrogens is 333 g/mol. The minimum Gasteiger partial charge on any atom is -0.859 e. The Balaban J connectivity index is 0.00000168. The minimum atomic E-state index is -0.209. The molecule has 0 aliphatic carbocycles.